The van der Waals surface area contributed by atoms with Crippen molar-refractivity contribution in [3.63, 3.8) is 0 Å². The van der Waals surface area contributed by atoms with Crippen molar-refractivity contribution in [2.75, 3.05) is 0 Å². The van der Waals surface area contributed by atoms with Crippen molar-refractivity contribution in [2.45, 2.75) is 45.6 Å². The van der Waals surface area contributed by atoms with Crippen LogP contribution in [0.1, 0.15) is 32.4 Å². The molecule has 0 aromatic carbocycles. The van der Waals surface area contributed by atoms with Crippen LogP contribution < -0.4 is 5.32 Å². The van der Waals surface area contributed by atoms with E-state index in [1.54, 1.807) is 0 Å². The van der Waals surface area contributed by atoms with Gasteiger partial charge in [-0.25, -0.2) is 0 Å². The Morgan fingerprint density at radius 2 is 2.00 bits per heavy atom. The SMILES string of the molecule is CC(C)C(C)NC(=O)Cn1ccc(C(O)C(F)(F)F)c1. The van der Waals surface area contributed by atoms with Crippen LogP contribution in [-0.2, 0) is 11.3 Å². The van der Waals surface area contributed by atoms with E-state index >= 15 is 0 Å². The highest BCUT2D eigenvalue weighted by Gasteiger charge is 2.39. The summed E-state index contributed by atoms with van der Waals surface area (Å²) in [6.07, 6.45) is -4.77. The van der Waals surface area contributed by atoms with Crippen molar-refractivity contribution in [3.05, 3.63) is 24.0 Å². The number of hydrogen-bond acceptors (Lipinski definition) is 2. The first-order valence-corrected chi connectivity index (χ1v) is 6.31. The predicted octanol–water partition coefficient (Wildman–Crippen LogP) is 2.24. The summed E-state index contributed by atoms with van der Waals surface area (Å²) in [5.41, 5.74) is -0.276. The van der Waals surface area contributed by atoms with Gasteiger partial charge in [0.25, 0.3) is 0 Å². The highest BCUT2D eigenvalue weighted by molar-refractivity contribution is 5.76. The van der Waals surface area contributed by atoms with Gasteiger partial charge in [-0.3, -0.25) is 4.79 Å². The summed E-state index contributed by atoms with van der Waals surface area (Å²) in [6, 6.07) is 1.13. The second kappa shape index (κ2) is 6.30. The van der Waals surface area contributed by atoms with Gasteiger partial charge in [-0.15, -0.1) is 0 Å². The quantitative estimate of drug-likeness (QED) is 0.874. The predicted molar refractivity (Wildman–Crippen MR) is 67.9 cm³/mol. The van der Waals surface area contributed by atoms with Crippen LogP contribution in [0.5, 0.6) is 0 Å². The number of aliphatic hydroxyl groups excluding tert-OH is 1. The van der Waals surface area contributed by atoms with E-state index in [0.29, 0.717) is 0 Å². The van der Waals surface area contributed by atoms with E-state index in [1.807, 2.05) is 20.8 Å². The second-order valence-electron chi connectivity index (χ2n) is 5.16. The third kappa shape index (κ3) is 4.56. The number of carbonyl (C=O) groups excluding carboxylic acids is 1. The minimum atomic E-state index is -4.71. The van der Waals surface area contributed by atoms with E-state index in [-0.39, 0.29) is 30.0 Å². The summed E-state index contributed by atoms with van der Waals surface area (Å²) in [5, 5.41) is 11.8. The highest BCUT2D eigenvalue weighted by atomic mass is 19.4. The molecule has 0 spiro atoms. The average molecular weight is 292 g/mol. The van der Waals surface area contributed by atoms with Crippen LogP contribution in [0.25, 0.3) is 0 Å². The first-order chi connectivity index (χ1) is 9.11. The van der Waals surface area contributed by atoms with E-state index in [4.69, 9.17) is 5.11 Å². The normalized spacial score (nSPS) is 15.2. The molecule has 0 bridgehead atoms. The average Bonchev–Trinajstić information content (AvgIpc) is 2.74. The molecule has 0 aliphatic carbocycles. The molecule has 2 atom stereocenters. The van der Waals surface area contributed by atoms with Gasteiger partial charge in [0.05, 0.1) is 0 Å². The van der Waals surface area contributed by atoms with Crippen LogP contribution >= 0.6 is 0 Å². The molecule has 0 saturated carbocycles. The summed E-state index contributed by atoms with van der Waals surface area (Å²) in [7, 11) is 0. The number of amides is 1. The van der Waals surface area contributed by atoms with Gasteiger partial charge in [0.1, 0.15) is 6.54 Å². The number of alkyl halides is 3. The number of nitrogens with one attached hydrogen (secondary N) is 1. The van der Waals surface area contributed by atoms with Gasteiger partial charge in [0.2, 0.25) is 5.91 Å². The minimum absolute atomic E-state index is 0.0155. The van der Waals surface area contributed by atoms with Crippen molar-refractivity contribution in [2.24, 2.45) is 5.92 Å². The number of aromatic nitrogens is 1. The Hall–Kier alpha value is -1.50. The van der Waals surface area contributed by atoms with Crippen LogP contribution in [0.3, 0.4) is 0 Å². The highest BCUT2D eigenvalue weighted by Crippen LogP contribution is 2.32. The zero-order valence-electron chi connectivity index (χ0n) is 11.6. The summed E-state index contributed by atoms with van der Waals surface area (Å²) in [5.74, 6) is -0.0129. The molecule has 2 N–H and O–H groups in total. The number of nitrogens with zero attached hydrogens (tertiary/aromatic N) is 1. The second-order valence-corrected chi connectivity index (χ2v) is 5.16. The molecule has 1 aromatic heterocycles. The molecular formula is C13H19F3N2O2. The molecule has 0 aliphatic rings. The van der Waals surface area contributed by atoms with Crippen LogP contribution in [0, 0.1) is 5.92 Å². The molecule has 0 radical (unpaired) electrons. The standard InChI is InChI=1S/C13H19F3N2O2/c1-8(2)9(3)17-11(19)7-18-5-4-10(6-18)12(20)13(14,15)16/h4-6,8-9,12,20H,7H2,1-3H3,(H,17,19). The number of aliphatic hydroxyl groups is 1. The van der Waals surface area contributed by atoms with E-state index < -0.39 is 12.3 Å². The third-order valence-corrected chi connectivity index (χ3v) is 3.11. The molecule has 1 rings (SSSR count). The lowest BCUT2D eigenvalue weighted by Crippen LogP contribution is -2.37. The van der Waals surface area contributed by atoms with Crippen LogP contribution in [0.2, 0.25) is 0 Å². The Kier molecular flexibility index (Phi) is 5.21. The first kappa shape index (κ1) is 16.6. The van der Waals surface area contributed by atoms with Gasteiger partial charge in [-0.2, -0.15) is 13.2 Å². The Bertz CT molecular complexity index is 455. The van der Waals surface area contributed by atoms with E-state index in [2.05, 4.69) is 5.32 Å². The van der Waals surface area contributed by atoms with E-state index in [1.165, 1.54) is 10.8 Å². The smallest absolute Gasteiger partial charge is 0.379 e. The molecule has 20 heavy (non-hydrogen) atoms. The van der Waals surface area contributed by atoms with Gasteiger partial charge < -0.3 is 15.0 Å². The zero-order chi connectivity index (χ0) is 15.5. The summed E-state index contributed by atoms with van der Waals surface area (Å²) in [4.78, 5) is 11.7. The molecule has 0 saturated heterocycles. The monoisotopic (exact) mass is 292 g/mol. The van der Waals surface area contributed by atoms with Crippen molar-refractivity contribution in [3.8, 4) is 0 Å². The molecular weight excluding hydrogens is 273 g/mol. The molecule has 4 nitrogen and oxygen atoms in total. The van der Waals surface area contributed by atoms with Crippen molar-refractivity contribution in [1.29, 1.82) is 0 Å². The number of hydrogen-bond donors (Lipinski definition) is 2. The maximum atomic E-state index is 12.3. The van der Waals surface area contributed by atoms with Crippen molar-refractivity contribution >= 4 is 5.91 Å². The van der Waals surface area contributed by atoms with Gasteiger partial charge in [0, 0.05) is 24.0 Å². The first-order valence-electron chi connectivity index (χ1n) is 6.31. The van der Waals surface area contributed by atoms with Crippen LogP contribution in [-0.4, -0.2) is 27.8 Å². The fourth-order valence-corrected chi connectivity index (χ4v) is 1.54. The Balaban J connectivity index is 2.63. The van der Waals surface area contributed by atoms with Gasteiger partial charge >= 0.3 is 6.18 Å². The molecule has 0 aliphatic heterocycles. The maximum absolute atomic E-state index is 12.3. The molecule has 1 amide bonds. The van der Waals surface area contributed by atoms with Crippen molar-refractivity contribution < 1.29 is 23.1 Å². The lowest BCUT2D eigenvalue weighted by molar-refractivity contribution is -0.206. The van der Waals surface area contributed by atoms with Crippen LogP contribution in [0.15, 0.2) is 18.5 Å². The summed E-state index contributed by atoms with van der Waals surface area (Å²) in [6.45, 7) is 5.69. The Morgan fingerprint density at radius 1 is 1.40 bits per heavy atom. The Morgan fingerprint density at radius 3 is 2.50 bits per heavy atom. The molecule has 7 heteroatoms. The molecule has 2 unspecified atom stereocenters. The third-order valence-electron chi connectivity index (χ3n) is 3.11. The van der Waals surface area contributed by atoms with Gasteiger partial charge in [-0.05, 0) is 18.9 Å². The summed E-state index contributed by atoms with van der Waals surface area (Å²) >= 11 is 0. The van der Waals surface area contributed by atoms with E-state index in [0.717, 1.165) is 12.3 Å². The lowest BCUT2D eigenvalue weighted by atomic mass is 10.1. The zero-order valence-corrected chi connectivity index (χ0v) is 11.6. The van der Waals surface area contributed by atoms with E-state index in [9.17, 15) is 18.0 Å². The fraction of sp³-hybridized carbons (Fsp3) is 0.615. The van der Waals surface area contributed by atoms with Gasteiger partial charge in [0.15, 0.2) is 6.10 Å². The number of carbonyl (C=O) groups is 1. The topological polar surface area (TPSA) is 54.3 Å². The molecule has 1 aromatic rings. The number of rotatable bonds is 5. The maximum Gasteiger partial charge on any atom is 0.418 e. The number of halogens is 3. The molecule has 1 heterocycles. The lowest BCUT2D eigenvalue weighted by Gasteiger charge is -2.17. The van der Waals surface area contributed by atoms with Crippen LogP contribution in [0.4, 0.5) is 13.2 Å². The Labute approximate surface area is 115 Å². The molecule has 0 fully saturated rings. The van der Waals surface area contributed by atoms with Crippen molar-refractivity contribution in [1.82, 2.24) is 9.88 Å². The molecule has 114 valence electrons. The largest absolute Gasteiger partial charge is 0.418 e. The fourth-order valence-electron chi connectivity index (χ4n) is 1.54. The summed E-state index contributed by atoms with van der Waals surface area (Å²) < 4.78 is 38.3. The van der Waals surface area contributed by atoms with Gasteiger partial charge in [-0.1, -0.05) is 13.8 Å². The minimum Gasteiger partial charge on any atom is -0.379 e.